The van der Waals surface area contributed by atoms with E-state index in [1.165, 1.54) is 0 Å². The Morgan fingerprint density at radius 2 is 1.93 bits per heavy atom. The van der Waals surface area contributed by atoms with E-state index >= 15 is 0 Å². The minimum absolute atomic E-state index is 0.0776. The van der Waals surface area contributed by atoms with Gasteiger partial charge in [0.2, 0.25) is 11.8 Å². The van der Waals surface area contributed by atoms with Crippen LogP contribution in [0.15, 0.2) is 42.4 Å². The number of imidazole rings is 1. The first-order chi connectivity index (χ1) is 13.2. The van der Waals surface area contributed by atoms with E-state index < -0.39 is 47.5 Å². The van der Waals surface area contributed by atoms with Gasteiger partial charge in [-0.3, -0.25) is 19.3 Å². The van der Waals surface area contributed by atoms with Crippen LogP contribution in [-0.2, 0) is 27.1 Å². The molecule has 146 valence electrons. The Morgan fingerprint density at radius 3 is 2.54 bits per heavy atom. The van der Waals surface area contributed by atoms with E-state index in [1.807, 2.05) is 0 Å². The van der Waals surface area contributed by atoms with Crippen molar-refractivity contribution < 1.29 is 27.6 Å². The Balaban J connectivity index is 2.02. The van der Waals surface area contributed by atoms with E-state index in [-0.39, 0.29) is 6.54 Å². The van der Waals surface area contributed by atoms with Crippen LogP contribution in [-0.4, -0.2) is 38.7 Å². The number of nitrogens with one attached hydrogen (secondary N) is 1. The van der Waals surface area contributed by atoms with E-state index in [0.29, 0.717) is 10.5 Å². The third-order valence-electron chi connectivity index (χ3n) is 4.04. The predicted octanol–water partition coefficient (Wildman–Crippen LogP) is 1.80. The van der Waals surface area contributed by atoms with Gasteiger partial charge < -0.3 is 9.88 Å². The fourth-order valence-corrected chi connectivity index (χ4v) is 2.80. The molecule has 3 rings (SSSR count). The van der Waals surface area contributed by atoms with Crippen molar-refractivity contribution in [3.05, 3.63) is 59.3 Å². The van der Waals surface area contributed by atoms with Crippen molar-refractivity contribution in [2.45, 2.75) is 19.6 Å². The van der Waals surface area contributed by atoms with Gasteiger partial charge in [0.05, 0.1) is 12.0 Å². The molecule has 1 N–H and O–H groups in total. The van der Waals surface area contributed by atoms with E-state index in [0.717, 1.165) is 23.9 Å². The first-order valence-electron chi connectivity index (χ1n) is 8.17. The van der Waals surface area contributed by atoms with Gasteiger partial charge >= 0.3 is 6.18 Å². The van der Waals surface area contributed by atoms with Gasteiger partial charge in [0.15, 0.2) is 5.69 Å². The Hall–Kier alpha value is -3.43. The van der Waals surface area contributed by atoms with Crippen molar-refractivity contribution >= 4 is 23.8 Å². The molecule has 7 nitrogen and oxygen atoms in total. The molecule has 1 saturated heterocycles. The molecule has 0 bridgehead atoms. The fraction of sp³-hybridized carbons (Fsp3) is 0.222. The van der Waals surface area contributed by atoms with Gasteiger partial charge in [-0.25, -0.2) is 4.98 Å². The predicted molar refractivity (Wildman–Crippen MR) is 91.3 cm³/mol. The molecule has 0 aliphatic carbocycles. The van der Waals surface area contributed by atoms with Gasteiger partial charge in [0, 0.05) is 13.5 Å². The van der Waals surface area contributed by atoms with E-state index in [9.17, 15) is 27.6 Å². The molecule has 3 amide bonds. The van der Waals surface area contributed by atoms with Gasteiger partial charge in [-0.1, -0.05) is 30.3 Å². The monoisotopic (exact) mass is 392 g/mol. The van der Waals surface area contributed by atoms with Crippen molar-refractivity contribution in [1.82, 2.24) is 19.8 Å². The summed E-state index contributed by atoms with van der Waals surface area (Å²) < 4.78 is 41.9. The summed E-state index contributed by atoms with van der Waals surface area (Å²) in [5.74, 6) is -2.26. The van der Waals surface area contributed by atoms with Crippen molar-refractivity contribution in [2.75, 3.05) is 6.54 Å². The molecule has 1 aliphatic heterocycles. The number of benzene rings is 1. The van der Waals surface area contributed by atoms with Crippen LogP contribution in [0.5, 0.6) is 0 Å². The summed E-state index contributed by atoms with van der Waals surface area (Å²) in [6, 6.07) is 8.50. The Labute approximate surface area is 157 Å². The molecule has 2 aromatic rings. The maximum atomic E-state index is 13.7. The normalized spacial score (nSPS) is 16.4. The average molecular weight is 392 g/mol. The maximum absolute atomic E-state index is 13.7. The molecule has 0 spiro atoms. The number of carbonyl (C=O) groups is 3. The standard InChI is InChI=1S/C18H15F3N4O3/c1-11(26)25-9-15(27)23-14(17(25)28)7-13-16(18(19,20)21)24(10-22-13)8-12-5-3-2-4-6-12/h2-7,10H,8-9H2,1H3,(H,23,27). The number of halogens is 3. The van der Waals surface area contributed by atoms with Crippen LogP contribution >= 0.6 is 0 Å². The summed E-state index contributed by atoms with van der Waals surface area (Å²) in [5.41, 5.74) is -1.40. The molecular formula is C18H15F3N4O3. The molecule has 1 aromatic heterocycles. The van der Waals surface area contributed by atoms with Crippen molar-refractivity contribution in [3.63, 3.8) is 0 Å². The highest BCUT2D eigenvalue weighted by Crippen LogP contribution is 2.33. The molecule has 0 saturated carbocycles. The molecule has 1 aromatic carbocycles. The topological polar surface area (TPSA) is 84.3 Å². The van der Waals surface area contributed by atoms with Gasteiger partial charge in [-0.15, -0.1) is 0 Å². The Bertz CT molecular complexity index is 964. The van der Waals surface area contributed by atoms with Crippen molar-refractivity contribution in [3.8, 4) is 0 Å². The highest BCUT2D eigenvalue weighted by Gasteiger charge is 2.39. The number of imide groups is 1. The highest BCUT2D eigenvalue weighted by atomic mass is 19.4. The molecule has 0 radical (unpaired) electrons. The SMILES string of the molecule is CC(=O)N1CC(=O)NC(=Cc2ncn(Cc3ccccc3)c2C(F)(F)F)C1=O. The Morgan fingerprint density at radius 1 is 1.25 bits per heavy atom. The van der Waals surface area contributed by atoms with Crippen molar-refractivity contribution in [1.29, 1.82) is 0 Å². The van der Waals surface area contributed by atoms with Crippen LogP contribution in [0.2, 0.25) is 0 Å². The van der Waals surface area contributed by atoms with Crippen LogP contribution in [0.3, 0.4) is 0 Å². The first-order valence-corrected chi connectivity index (χ1v) is 8.17. The van der Waals surface area contributed by atoms with Gasteiger partial charge in [0.25, 0.3) is 5.91 Å². The summed E-state index contributed by atoms with van der Waals surface area (Å²) in [6.07, 6.45) is -2.90. The average Bonchev–Trinajstić information content (AvgIpc) is 3.01. The number of aromatic nitrogens is 2. The van der Waals surface area contributed by atoms with Crippen LogP contribution < -0.4 is 5.32 Å². The third-order valence-corrected chi connectivity index (χ3v) is 4.04. The van der Waals surface area contributed by atoms with E-state index in [1.54, 1.807) is 30.3 Å². The van der Waals surface area contributed by atoms with Gasteiger partial charge in [-0.05, 0) is 11.6 Å². The molecule has 2 heterocycles. The summed E-state index contributed by atoms with van der Waals surface area (Å²) in [4.78, 5) is 39.9. The zero-order valence-electron chi connectivity index (χ0n) is 14.7. The fourth-order valence-electron chi connectivity index (χ4n) is 2.80. The smallest absolute Gasteiger partial charge is 0.322 e. The number of amides is 3. The summed E-state index contributed by atoms with van der Waals surface area (Å²) in [5, 5.41) is 2.20. The quantitative estimate of drug-likeness (QED) is 0.808. The zero-order chi connectivity index (χ0) is 20.5. The summed E-state index contributed by atoms with van der Waals surface area (Å²) >= 11 is 0. The van der Waals surface area contributed by atoms with E-state index in [4.69, 9.17) is 0 Å². The second kappa shape index (κ2) is 7.29. The highest BCUT2D eigenvalue weighted by molar-refractivity contribution is 6.12. The van der Waals surface area contributed by atoms with Gasteiger partial charge in [0.1, 0.15) is 12.2 Å². The lowest BCUT2D eigenvalue weighted by atomic mass is 10.2. The number of carbonyl (C=O) groups excluding carboxylic acids is 3. The second-order valence-corrected chi connectivity index (χ2v) is 6.11. The number of nitrogens with zero attached hydrogens (tertiary/aromatic N) is 3. The molecule has 1 aliphatic rings. The van der Waals surface area contributed by atoms with Crippen LogP contribution in [0, 0.1) is 0 Å². The molecule has 0 unspecified atom stereocenters. The number of hydrogen-bond acceptors (Lipinski definition) is 4. The lowest BCUT2D eigenvalue weighted by Gasteiger charge is -2.25. The molecule has 1 fully saturated rings. The first kappa shape index (κ1) is 19.3. The Kier molecular flexibility index (Phi) is 5.04. The second-order valence-electron chi connectivity index (χ2n) is 6.11. The zero-order valence-corrected chi connectivity index (χ0v) is 14.7. The molecule has 0 atom stereocenters. The van der Waals surface area contributed by atoms with Crippen LogP contribution in [0.4, 0.5) is 13.2 Å². The van der Waals surface area contributed by atoms with E-state index in [2.05, 4.69) is 10.3 Å². The van der Waals surface area contributed by atoms with Crippen molar-refractivity contribution in [2.24, 2.45) is 0 Å². The minimum atomic E-state index is -4.75. The van der Waals surface area contributed by atoms with Crippen LogP contribution in [0.1, 0.15) is 23.9 Å². The minimum Gasteiger partial charge on any atom is -0.322 e. The van der Waals surface area contributed by atoms with Crippen LogP contribution in [0.25, 0.3) is 6.08 Å². The lowest BCUT2D eigenvalue weighted by molar-refractivity contribution is -0.147. The third kappa shape index (κ3) is 3.95. The number of rotatable bonds is 3. The molecule has 28 heavy (non-hydrogen) atoms. The number of alkyl halides is 3. The molecular weight excluding hydrogens is 377 g/mol. The lowest BCUT2D eigenvalue weighted by Crippen LogP contribution is -2.51. The number of hydrogen-bond donors (Lipinski definition) is 1. The van der Waals surface area contributed by atoms with Gasteiger partial charge in [-0.2, -0.15) is 13.2 Å². The molecule has 10 heteroatoms. The summed E-state index contributed by atoms with van der Waals surface area (Å²) in [6.45, 7) is 0.523. The number of piperazine rings is 1. The summed E-state index contributed by atoms with van der Waals surface area (Å²) in [7, 11) is 0. The largest absolute Gasteiger partial charge is 0.433 e. The maximum Gasteiger partial charge on any atom is 0.433 e.